The predicted octanol–water partition coefficient (Wildman–Crippen LogP) is 3.57. The Morgan fingerprint density at radius 2 is 2.00 bits per heavy atom. The number of methoxy groups -OCH3 is 2. The number of ether oxygens (including phenoxy) is 2. The van der Waals surface area contributed by atoms with Gasteiger partial charge in [-0.05, 0) is 31.0 Å². The SMILES string of the molecule is CCc1nc(CNC(C)c2ccc(OC)c(OC)c2)cs1. The number of aromatic nitrogens is 1. The number of hydrogen-bond acceptors (Lipinski definition) is 5. The highest BCUT2D eigenvalue weighted by Crippen LogP contribution is 2.29. The van der Waals surface area contributed by atoms with Crippen LogP contribution >= 0.6 is 11.3 Å². The average Bonchev–Trinajstić information content (AvgIpc) is 2.99. The molecule has 0 radical (unpaired) electrons. The van der Waals surface area contributed by atoms with Gasteiger partial charge in [-0.15, -0.1) is 11.3 Å². The number of benzene rings is 1. The fraction of sp³-hybridized carbons (Fsp3) is 0.438. The minimum absolute atomic E-state index is 0.219. The monoisotopic (exact) mass is 306 g/mol. The van der Waals surface area contributed by atoms with Gasteiger partial charge in [-0.25, -0.2) is 4.98 Å². The van der Waals surface area contributed by atoms with E-state index in [1.165, 1.54) is 10.6 Å². The third-order valence-corrected chi connectivity index (χ3v) is 4.44. The van der Waals surface area contributed by atoms with Gasteiger partial charge in [-0.3, -0.25) is 0 Å². The largest absolute Gasteiger partial charge is 0.493 e. The molecule has 0 aliphatic heterocycles. The van der Waals surface area contributed by atoms with Gasteiger partial charge in [0.05, 0.1) is 24.9 Å². The van der Waals surface area contributed by atoms with E-state index in [1.54, 1.807) is 25.6 Å². The first kappa shape index (κ1) is 15.8. The maximum atomic E-state index is 5.34. The topological polar surface area (TPSA) is 43.4 Å². The number of hydrogen-bond donors (Lipinski definition) is 1. The Hall–Kier alpha value is -1.59. The van der Waals surface area contributed by atoms with Crippen molar-refractivity contribution in [1.29, 1.82) is 0 Å². The minimum Gasteiger partial charge on any atom is -0.493 e. The molecule has 0 fully saturated rings. The molecule has 1 heterocycles. The summed E-state index contributed by atoms with van der Waals surface area (Å²) in [5.74, 6) is 1.51. The van der Waals surface area contributed by atoms with Crippen molar-refractivity contribution in [3.8, 4) is 11.5 Å². The van der Waals surface area contributed by atoms with E-state index >= 15 is 0 Å². The zero-order valence-corrected chi connectivity index (χ0v) is 13.8. The molecule has 0 saturated carbocycles. The summed E-state index contributed by atoms with van der Waals surface area (Å²) in [5.41, 5.74) is 2.27. The van der Waals surface area contributed by atoms with Crippen LogP contribution in [0.15, 0.2) is 23.6 Å². The van der Waals surface area contributed by atoms with E-state index in [4.69, 9.17) is 9.47 Å². The van der Waals surface area contributed by atoms with Crippen molar-refractivity contribution in [3.63, 3.8) is 0 Å². The standard InChI is InChI=1S/C16H22N2O2S/c1-5-16-18-13(10-21-16)9-17-11(2)12-6-7-14(19-3)15(8-12)20-4/h6-8,10-11,17H,5,9H2,1-4H3. The Balaban J connectivity index is 2.01. The summed E-state index contributed by atoms with van der Waals surface area (Å²) in [6.07, 6.45) is 0.996. The molecule has 1 aromatic carbocycles. The Morgan fingerprint density at radius 3 is 2.62 bits per heavy atom. The quantitative estimate of drug-likeness (QED) is 0.849. The molecule has 0 aliphatic carbocycles. The molecule has 0 amide bonds. The van der Waals surface area contributed by atoms with Crippen LogP contribution in [0.25, 0.3) is 0 Å². The summed E-state index contributed by atoms with van der Waals surface area (Å²) >= 11 is 1.72. The van der Waals surface area contributed by atoms with Crippen molar-refractivity contribution < 1.29 is 9.47 Å². The van der Waals surface area contributed by atoms with E-state index in [-0.39, 0.29) is 6.04 Å². The molecule has 5 heteroatoms. The average molecular weight is 306 g/mol. The lowest BCUT2D eigenvalue weighted by molar-refractivity contribution is 0.354. The van der Waals surface area contributed by atoms with Crippen LogP contribution in [-0.4, -0.2) is 19.2 Å². The maximum absolute atomic E-state index is 5.34. The number of nitrogens with zero attached hydrogens (tertiary/aromatic N) is 1. The Bertz CT molecular complexity index is 583. The summed E-state index contributed by atoms with van der Waals surface area (Å²) in [6, 6.07) is 6.22. The second-order valence-corrected chi connectivity index (χ2v) is 5.75. The molecular formula is C16H22N2O2S. The van der Waals surface area contributed by atoms with Gasteiger partial charge in [0.15, 0.2) is 11.5 Å². The van der Waals surface area contributed by atoms with Crippen molar-refractivity contribution in [2.75, 3.05) is 14.2 Å². The van der Waals surface area contributed by atoms with Crippen LogP contribution in [0.2, 0.25) is 0 Å². The summed E-state index contributed by atoms with van der Waals surface area (Å²) in [7, 11) is 3.30. The van der Waals surface area contributed by atoms with E-state index < -0.39 is 0 Å². The number of aryl methyl sites for hydroxylation is 1. The number of thiazole rings is 1. The van der Waals surface area contributed by atoms with Gasteiger partial charge in [0.25, 0.3) is 0 Å². The van der Waals surface area contributed by atoms with E-state index in [0.717, 1.165) is 30.2 Å². The molecule has 1 aromatic heterocycles. The highest BCUT2D eigenvalue weighted by atomic mass is 32.1. The lowest BCUT2D eigenvalue weighted by Crippen LogP contribution is -2.18. The second-order valence-electron chi connectivity index (χ2n) is 4.80. The molecule has 1 N–H and O–H groups in total. The van der Waals surface area contributed by atoms with Crippen molar-refractivity contribution >= 4 is 11.3 Å². The van der Waals surface area contributed by atoms with Crippen LogP contribution in [-0.2, 0) is 13.0 Å². The molecule has 4 nitrogen and oxygen atoms in total. The molecule has 1 atom stereocenters. The van der Waals surface area contributed by atoms with Crippen molar-refractivity contribution in [3.05, 3.63) is 39.8 Å². The lowest BCUT2D eigenvalue weighted by atomic mass is 10.1. The van der Waals surface area contributed by atoms with Gasteiger partial charge in [-0.1, -0.05) is 13.0 Å². The zero-order valence-electron chi connectivity index (χ0n) is 13.0. The van der Waals surface area contributed by atoms with E-state index in [1.807, 2.05) is 12.1 Å². The molecule has 0 bridgehead atoms. The van der Waals surface area contributed by atoms with E-state index in [0.29, 0.717) is 0 Å². The Kier molecular flexibility index (Phi) is 5.59. The first-order valence-corrected chi connectivity index (χ1v) is 7.94. The smallest absolute Gasteiger partial charge is 0.161 e. The molecule has 0 spiro atoms. The van der Waals surface area contributed by atoms with Crippen molar-refractivity contribution in [2.24, 2.45) is 0 Å². The van der Waals surface area contributed by atoms with Crippen LogP contribution in [0.5, 0.6) is 11.5 Å². The summed E-state index contributed by atoms with van der Waals surface area (Å²) in [6.45, 7) is 5.03. The van der Waals surface area contributed by atoms with Gasteiger partial charge < -0.3 is 14.8 Å². The molecular weight excluding hydrogens is 284 g/mol. The Labute approximate surface area is 130 Å². The molecule has 21 heavy (non-hydrogen) atoms. The molecule has 114 valence electrons. The van der Waals surface area contributed by atoms with Gasteiger partial charge in [0.2, 0.25) is 0 Å². The maximum Gasteiger partial charge on any atom is 0.161 e. The summed E-state index contributed by atoms with van der Waals surface area (Å²) in [4.78, 5) is 4.57. The molecule has 0 saturated heterocycles. The third-order valence-electron chi connectivity index (χ3n) is 3.40. The van der Waals surface area contributed by atoms with Gasteiger partial charge in [0.1, 0.15) is 0 Å². The van der Waals surface area contributed by atoms with Crippen LogP contribution < -0.4 is 14.8 Å². The van der Waals surface area contributed by atoms with Crippen LogP contribution in [0.4, 0.5) is 0 Å². The van der Waals surface area contributed by atoms with Gasteiger partial charge in [-0.2, -0.15) is 0 Å². The highest BCUT2D eigenvalue weighted by Gasteiger charge is 2.10. The summed E-state index contributed by atoms with van der Waals surface area (Å²) < 4.78 is 10.6. The van der Waals surface area contributed by atoms with Crippen LogP contribution in [0.1, 0.15) is 36.2 Å². The van der Waals surface area contributed by atoms with Gasteiger partial charge >= 0.3 is 0 Å². The van der Waals surface area contributed by atoms with Gasteiger partial charge in [0, 0.05) is 18.0 Å². The molecule has 1 unspecified atom stereocenters. The third kappa shape index (κ3) is 3.95. The fourth-order valence-electron chi connectivity index (χ4n) is 2.09. The summed E-state index contributed by atoms with van der Waals surface area (Å²) in [5, 5.41) is 6.79. The van der Waals surface area contributed by atoms with Crippen LogP contribution in [0, 0.1) is 0 Å². The molecule has 0 aliphatic rings. The minimum atomic E-state index is 0.219. The highest BCUT2D eigenvalue weighted by molar-refractivity contribution is 7.09. The van der Waals surface area contributed by atoms with Crippen molar-refractivity contribution in [2.45, 2.75) is 32.9 Å². The van der Waals surface area contributed by atoms with E-state index in [2.05, 4.69) is 35.6 Å². The fourth-order valence-corrected chi connectivity index (χ4v) is 2.83. The first-order valence-electron chi connectivity index (χ1n) is 7.06. The molecule has 2 rings (SSSR count). The zero-order chi connectivity index (χ0) is 15.2. The lowest BCUT2D eigenvalue weighted by Gasteiger charge is -2.16. The van der Waals surface area contributed by atoms with E-state index in [9.17, 15) is 0 Å². The molecule has 2 aromatic rings. The predicted molar refractivity (Wildman–Crippen MR) is 86.3 cm³/mol. The number of nitrogens with one attached hydrogen (secondary N) is 1. The normalized spacial score (nSPS) is 12.2. The second kappa shape index (κ2) is 7.43. The first-order chi connectivity index (χ1) is 10.2. The van der Waals surface area contributed by atoms with Crippen LogP contribution in [0.3, 0.4) is 0 Å². The Morgan fingerprint density at radius 1 is 1.24 bits per heavy atom. The van der Waals surface area contributed by atoms with Crippen molar-refractivity contribution in [1.82, 2.24) is 10.3 Å². The number of rotatable bonds is 7.